The van der Waals surface area contributed by atoms with Gasteiger partial charge in [0.05, 0.1) is 10.9 Å². The fourth-order valence-electron chi connectivity index (χ4n) is 1.32. The average molecular weight is 385 g/mol. The van der Waals surface area contributed by atoms with Gasteiger partial charge in [-0.1, -0.05) is 41.5 Å². The third-order valence-electron chi connectivity index (χ3n) is 2.59. The molecule has 0 aromatic heterocycles. The molecule has 0 unspecified atom stereocenters. The smallest absolute Gasteiger partial charge is 0.0937 e. The van der Waals surface area contributed by atoms with Crippen molar-refractivity contribution in [1.82, 2.24) is 0 Å². The number of hydrogen-bond acceptors (Lipinski definition) is 5. The van der Waals surface area contributed by atoms with Crippen LogP contribution in [0, 0.1) is 5.41 Å². The Morgan fingerprint density at radius 2 is 1.96 bits per heavy atom. The van der Waals surface area contributed by atoms with Gasteiger partial charge >= 0.3 is 0 Å². The van der Waals surface area contributed by atoms with Gasteiger partial charge in [-0.15, -0.1) is 11.8 Å². The maximum Gasteiger partial charge on any atom is 0.0937 e. The molecule has 1 saturated heterocycles. The van der Waals surface area contributed by atoms with Crippen LogP contribution < -0.4 is 11.5 Å². The van der Waals surface area contributed by atoms with Crippen LogP contribution in [0.3, 0.4) is 0 Å². The van der Waals surface area contributed by atoms with Gasteiger partial charge in [-0.25, -0.2) is 0 Å². The molecule has 6 heteroatoms. The lowest BCUT2D eigenvalue weighted by Crippen LogP contribution is -2.12. The minimum atomic E-state index is 0. The van der Waals surface area contributed by atoms with Gasteiger partial charge < -0.3 is 11.5 Å². The van der Waals surface area contributed by atoms with Gasteiger partial charge in [-0.2, -0.15) is 12.6 Å². The molecule has 1 rings (SSSR count). The van der Waals surface area contributed by atoms with E-state index < -0.39 is 0 Å². The fraction of sp³-hybridized carbons (Fsp3) is 0.889. The minimum absolute atomic E-state index is 0. The molecule has 0 aromatic carbocycles. The lowest BCUT2D eigenvalue weighted by molar-refractivity contribution is 0.802. The first-order valence-electron chi connectivity index (χ1n) is 9.42. The lowest BCUT2D eigenvalue weighted by Gasteiger charge is -1.97. The SMILES string of the molecule is C.C.N=C1CCCS1.[3H]CCCCN.[3H]CCCCN=C(N)CCCS. The highest BCUT2D eigenvalue weighted by Gasteiger charge is 2.04. The Hall–Kier alpha value is -0.200. The van der Waals surface area contributed by atoms with Crippen molar-refractivity contribution in [3.05, 3.63) is 0 Å². The second-order valence-corrected chi connectivity index (χ2v) is 6.42. The van der Waals surface area contributed by atoms with Gasteiger partial charge in [0, 0.05) is 15.7 Å². The van der Waals surface area contributed by atoms with Gasteiger partial charge in [0.15, 0.2) is 0 Å². The molecule has 4 nitrogen and oxygen atoms in total. The summed E-state index contributed by atoms with van der Waals surface area (Å²) in [6.07, 6.45) is 7.96. The molecule has 0 radical (unpaired) electrons. The topological polar surface area (TPSA) is 88.2 Å². The van der Waals surface area contributed by atoms with E-state index in [1.54, 1.807) is 11.8 Å². The zero-order valence-corrected chi connectivity index (χ0v) is 15.6. The van der Waals surface area contributed by atoms with Crippen molar-refractivity contribution >= 4 is 35.3 Å². The van der Waals surface area contributed by atoms with Crippen LogP contribution in [0.1, 0.15) is 82.8 Å². The number of hydrogen-bond donors (Lipinski definition) is 4. The van der Waals surface area contributed by atoms with Crippen molar-refractivity contribution in [2.24, 2.45) is 16.5 Å². The molecule has 0 amide bonds. The molecule has 24 heavy (non-hydrogen) atoms. The van der Waals surface area contributed by atoms with E-state index in [9.17, 15) is 0 Å². The van der Waals surface area contributed by atoms with E-state index in [1.165, 1.54) is 12.2 Å². The Kier molecular flexibility index (Phi) is 30.0. The lowest BCUT2D eigenvalue weighted by atomic mass is 10.3. The van der Waals surface area contributed by atoms with Crippen LogP contribution in [0.25, 0.3) is 0 Å². The van der Waals surface area contributed by atoms with E-state index in [0.717, 1.165) is 74.7 Å². The minimum Gasteiger partial charge on any atom is -0.387 e. The highest BCUT2D eigenvalue weighted by atomic mass is 32.2. The number of nitrogens with zero attached hydrogens (tertiary/aromatic N) is 1. The zero-order valence-electron chi connectivity index (χ0n) is 15.9. The Balaban J connectivity index is -0.000000147. The largest absolute Gasteiger partial charge is 0.387 e. The van der Waals surface area contributed by atoms with Crippen LogP contribution in [-0.4, -0.2) is 35.5 Å². The molecule has 0 spiro atoms. The summed E-state index contributed by atoms with van der Waals surface area (Å²) in [4.78, 5) is 4.18. The van der Waals surface area contributed by atoms with Crippen molar-refractivity contribution in [2.45, 2.75) is 80.0 Å². The molecule has 0 aromatic rings. The molecule has 0 aliphatic carbocycles. The molecule has 0 bridgehead atoms. The molecule has 1 fully saturated rings. The average Bonchev–Trinajstić information content (AvgIpc) is 3.07. The molecule has 1 aliphatic heterocycles. The predicted octanol–water partition coefficient (Wildman–Crippen LogP) is 5.36. The standard InChI is InChI=1S/C8H18N2S.C4H7NS.C4H11N.2CH4/c1-2-3-6-10-8(9)5-4-7-11;5-4-2-1-3-6-4;1-2-3-4-5;;/h11H,2-7H2,1H3,(H2,9,10);5H,1-3H2;2-5H2,1H3;2*1H4/i1T;;1T;;. The summed E-state index contributed by atoms with van der Waals surface area (Å²) in [5, 5.41) is 7.88. The van der Waals surface area contributed by atoms with Crippen molar-refractivity contribution in [3.63, 3.8) is 0 Å². The summed E-state index contributed by atoms with van der Waals surface area (Å²) in [6, 6.07) is 0. The van der Waals surface area contributed by atoms with E-state index in [1.807, 2.05) is 0 Å². The van der Waals surface area contributed by atoms with Gasteiger partial charge in [-0.05, 0) is 50.2 Å². The van der Waals surface area contributed by atoms with Crippen molar-refractivity contribution in [1.29, 1.82) is 5.41 Å². The Bertz CT molecular complexity index is 295. The number of aliphatic imine (C=N–C) groups is 1. The molecule has 148 valence electrons. The summed E-state index contributed by atoms with van der Waals surface area (Å²) in [7, 11) is 0. The summed E-state index contributed by atoms with van der Waals surface area (Å²) < 4.78 is 13.6. The van der Waals surface area contributed by atoms with Gasteiger partial charge in [-0.3, -0.25) is 10.4 Å². The number of amidine groups is 1. The highest BCUT2D eigenvalue weighted by molar-refractivity contribution is 8.14. The number of thiol groups is 1. The Morgan fingerprint density at radius 3 is 2.33 bits per heavy atom. The monoisotopic (exact) mass is 384 g/mol. The van der Waals surface area contributed by atoms with Crippen LogP contribution in [0.2, 0.25) is 0 Å². The van der Waals surface area contributed by atoms with Crippen LogP contribution in [-0.2, 0) is 0 Å². The summed E-state index contributed by atoms with van der Waals surface area (Å²) in [5.74, 6) is 2.77. The first kappa shape index (κ1) is 26.0. The third-order valence-corrected chi connectivity index (χ3v) is 3.95. The van der Waals surface area contributed by atoms with Gasteiger partial charge in [0.1, 0.15) is 0 Å². The number of nitrogens with one attached hydrogen (secondary N) is 1. The van der Waals surface area contributed by atoms with E-state index in [0.29, 0.717) is 13.8 Å². The number of unbranched alkanes of at least 4 members (excludes halogenated alkanes) is 2. The van der Waals surface area contributed by atoms with Crippen LogP contribution in [0.15, 0.2) is 4.99 Å². The van der Waals surface area contributed by atoms with E-state index in [4.69, 9.17) is 19.6 Å². The van der Waals surface area contributed by atoms with E-state index >= 15 is 0 Å². The first-order chi connectivity index (χ1) is 11.6. The Labute approximate surface area is 164 Å². The van der Waals surface area contributed by atoms with Crippen molar-refractivity contribution in [2.75, 3.05) is 24.6 Å². The summed E-state index contributed by atoms with van der Waals surface area (Å²) in [5.41, 5.74) is 10.7. The maximum absolute atomic E-state index is 7.01. The van der Waals surface area contributed by atoms with Crippen LogP contribution in [0.4, 0.5) is 0 Å². The summed E-state index contributed by atoms with van der Waals surface area (Å²) >= 11 is 5.76. The van der Waals surface area contributed by atoms with E-state index in [-0.39, 0.29) is 14.9 Å². The number of nitrogens with two attached hydrogens (primary N) is 2. The molecule has 1 aliphatic rings. The van der Waals surface area contributed by atoms with Gasteiger partial charge in [0.2, 0.25) is 0 Å². The van der Waals surface area contributed by atoms with Crippen LogP contribution in [0.5, 0.6) is 0 Å². The van der Waals surface area contributed by atoms with E-state index in [2.05, 4.69) is 17.6 Å². The maximum atomic E-state index is 7.01. The summed E-state index contributed by atoms with van der Waals surface area (Å²) in [6.45, 7) is 2.53. The normalized spacial score (nSPS) is 13.9. The predicted molar refractivity (Wildman–Crippen MR) is 121 cm³/mol. The number of rotatable bonds is 8. The molecular formula is C18H44N4S2. The second-order valence-electron chi connectivity index (χ2n) is 4.78. The van der Waals surface area contributed by atoms with Crippen LogP contribution >= 0.6 is 24.4 Å². The number of thioether (sulfide) groups is 1. The first-order valence-corrected chi connectivity index (χ1v) is 9.62. The molecule has 1 heterocycles. The highest BCUT2D eigenvalue weighted by Crippen LogP contribution is 2.17. The quantitative estimate of drug-likeness (QED) is 0.196. The molecule has 0 atom stereocenters. The third kappa shape index (κ3) is 29.8. The van der Waals surface area contributed by atoms with Crippen molar-refractivity contribution < 1.29 is 2.74 Å². The molecule has 0 saturated carbocycles. The molecular weight excluding hydrogens is 336 g/mol. The second kappa shape index (κ2) is 27.6. The fourth-order valence-corrected chi connectivity index (χ4v) is 2.30. The Morgan fingerprint density at radius 1 is 1.29 bits per heavy atom. The van der Waals surface area contributed by atoms with Gasteiger partial charge in [0.25, 0.3) is 0 Å². The zero-order chi connectivity index (χ0) is 18.5. The molecule has 5 N–H and O–H groups in total. The van der Waals surface area contributed by atoms with Crippen molar-refractivity contribution in [3.8, 4) is 0 Å².